The summed E-state index contributed by atoms with van der Waals surface area (Å²) in [6.45, 7) is 6.35. The highest BCUT2D eigenvalue weighted by molar-refractivity contribution is 5.76. The lowest BCUT2D eigenvalue weighted by Gasteiger charge is -2.10. The molecule has 1 heterocycles. The third-order valence-electron chi connectivity index (χ3n) is 4.82. The molecular weight excluding hydrogens is 318 g/mol. The van der Waals surface area contributed by atoms with Gasteiger partial charge in [-0.1, -0.05) is 71.9 Å². The lowest BCUT2D eigenvalue weighted by molar-refractivity contribution is 0.434. The van der Waals surface area contributed by atoms with Crippen molar-refractivity contribution in [2.45, 2.75) is 20.8 Å². The maximum atomic E-state index is 5.72. The molecule has 2 nitrogen and oxygen atoms in total. The molecule has 0 N–H and O–H groups in total. The molecule has 0 aliphatic carbocycles. The molecular formula is C24H21NO. The molecule has 0 bridgehead atoms. The van der Waals surface area contributed by atoms with E-state index >= 15 is 0 Å². The van der Waals surface area contributed by atoms with Gasteiger partial charge >= 0.3 is 0 Å². The number of hydrogen-bond donors (Lipinski definition) is 0. The molecule has 128 valence electrons. The van der Waals surface area contributed by atoms with Gasteiger partial charge in [0, 0.05) is 17.2 Å². The summed E-state index contributed by atoms with van der Waals surface area (Å²) in [7, 11) is 0. The second-order valence-corrected chi connectivity index (χ2v) is 6.74. The zero-order valence-corrected chi connectivity index (χ0v) is 15.3. The van der Waals surface area contributed by atoms with Gasteiger partial charge in [0.2, 0.25) is 0 Å². The number of hydrogen-bond acceptors (Lipinski definition) is 2. The minimum atomic E-state index is 0.817. The van der Waals surface area contributed by atoms with Crippen LogP contribution in [0.5, 0.6) is 0 Å². The average Bonchev–Trinajstić information content (AvgIpc) is 3.11. The van der Waals surface area contributed by atoms with Gasteiger partial charge in [0.15, 0.2) is 5.76 Å². The monoisotopic (exact) mass is 339 g/mol. The standard InChI is InChI=1S/C24H21NO/c1-16-9-7-8-12-21(16)22-15-23(26-25-22)24-17(2)13-20(14-18(24)3)19-10-5-4-6-11-19/h4-15H,1-3H3. The largest absolute Gasteiger partial charge is 0.356 e. The van der Waals surface area contributed by atoms with Gasteiger partial charge in [-0.3, -0.25) is 0 Å². The van der Waals surface area contributed by atoms with E-state index in [1.165, 1.54) is 27.8 Å². The molecule has 0 spiro atoms. The summed E-state index contributed by atoms with van der Waals surface area (Å²) in [6.07, 6.45) is 0. The lowest BCUT2D eigenvalue weighted by Crippen LogP contribution is -1.89. The number of aryl methyl sites for hydroxylation is 3. The molecule has 2 heteroatoms. The summed E-state index contributed by atoms with van der Waals surface area (Å²) in [6, 6.07) is 25.2. The first kappa shape index (κ1) is 16.3. The fourth-order valence-corrected chi connectivity index (χ4v) is 3.53. The van der Waals surface area contributed by atoms with Crippen molar-refractivity contribution >= 4 is 0 Å². The second kappa shape index (κ2) is 6.64. The van der Waals surface area contributed by atoms with Crippen molar-refractivity contribution < 1.29 is 4.52 Å². The van der Waals surface area contributed by atoms with Gasteiger partial charge in [0.25, 0.3) is 0 Å². The summed E-state index contributed by atoms with van der Waals surface area (Å²) in [5.41, 5.74) is 9.14. The smallest absolute Gasteiger partial charge is 0.168 e. The summed E-state index contributed by atoms with van der Waals surface area (Å²) >= 11 is 0. The number of nitrogens with zero attached hydrogens (tertiary/aromatic N) is 1. The van der Waals surface area contributed by atoms with Crippen LogP contribution in [0.15, 0.2) is 77.3 Å². The van der Waals surface area contributed by atoms with Gasteiger partial charge in [-0.2, -0.15) is 0 Å². The van der Waals surface area contributed by atoms with Crippen molar-refractivity contribution in [1.29, 1.82) is 0 Å². The molecule has 0 saturated carbocycles. The van der Waals surface area contributed by atoms with Crippen LogP contribution < -0.4 is 0 Å². The highest BCUT2D eigenvalue weighted by atomic mass is 16.5. The van der Waals surface area contributed by atoms with E-state index in [0.29, 0.717) is 0 Å². The average molecular weight is 339 g/mol. The van der Waals surface area contributed by atoms with Crippen LogP contribution >= 0.6 is 0 Å². The van der Waals surface area contributed by atoms with Crippen LogP contribution in [0.1, 0.15) is 16.7 Å². The molecule has 0 atom stereocenters. The van der Waals surface area contributed by atoms with E-state index in [2.05, 4.69) is 74.5 Å². The summed E-state index contributed by atoms with van der Waals surface area (Å²) in [5, 5.41) is 4.31. The maximum absolute atomic E-state index is 5.72. The van der Waals surface area contributed by atoms with Crippen LogP contribution in [0.4, 0.5) is 0 Å². The predicted molar refractivity (Wildman–Crippen MR) is 107 cm³/mol. The number of aromatic nitrogens is 1. The molecule has 0 saturated heterocycles. The topological polar surface area (TPSA) is 26.0 Å². The zero-order chi connectivity index (χ0) is 18.1. The van der Waals surface area contributed by atoms with Crippen molar-refractivity contribution in [1.82, 2.24) is 5.16 Å². The third kappa shape index (κ3) is 2.95. The maximum Gasteiger partial charge on any atom is 0.168 e. The lowest BCUT2D eigenvalue weighted by atomic mass is 9.94. The van der Waals surface area contributed by atoms with Crippen LogP contribution in [-0.2, 0) is 0 Å². The summed E-state index contributed by atoms with van der Waals surface area (Å²) in [4.78, 5) is 0. The number of rotatable bonds is 3. The van der Waals surface area contributed by atoms with Crippen molar-refractivity contribution in [3.63, 3.8) is 0 Å². The molecule has 0 amide bonds. The summed E-state index contributed by atoms with van der Waals surface area (Å²) < 4.78 is 5.72. The first-order valence-electron chi connectivity index (χ1n) is 8.83. The first-order valence-corrected chi connectivity index (χ1v) is 8.83. The van der Waals surface area contributed by atoms with Gasteiger partial charge in [0.05, 0.1) is 0 Å². The van der Waals surface area contributed by atoms with Crippen LogP contribution in [0.25, 0.3) is 33.7 Å². The second-order valence-electron chi connectivity index (χ2n) is 6.74. The van der Waals surface area contributed by atoms with Gasteiger partial charge in [0.1, 0.15) is 5.69 Å². The van der Waals surface area contributed by atoms with Crippen LogP contribution in [0, 0.1) is 20.8 Å². The Hall–Kier alpha value is -3.13. The van der Waals surface area contributed by atoms with Gasteiger partial charge < -0.3 is 4.52 Å². The Morgan fingerprint density at radius 2 is 1.31 bits per heavy atom. The molecule has 0 aliphatic heterocycles. The minimum Gasteiger partial charge on any atom is -0.356 e. The summed E-state index contributed by atoms with van der Waals surface area (Å²) in [5.74, 6) is 0.817. The van der Waals surface area contributed by atoms with Crippen molar-refractivity contribution in [2.75, 3.05) is 0 Å². The Morgan fingerprint density at radius 3 is 2.00 bits per heavy atom. The van der Waals surface area contributed by atoms with Gasteiger partial charge in [-0.15, -0.1) is 0 Å². The molecule has 3 aromatic carbocycles. The van der Waals surface area contributed by atoms with Crippen molar-refractivity contribution in [2.24, 2.45) is 0 Å². The van der Waals surface area contributed by atoms with Crippen LogP contribution in [-0.4, -0.2) is 5.16 Å². The Kier molecular flexibility index (Phi) is 4.18. The van der Waals surface area contributed by atoms with E-state index in [4.69, 9.17) is 4.52 Å². The van der Waals surface area contributed by atoms with E-state index < -0.39 is 0 Å². The SMILES string of the molecule is Cc1ccccc1-c1cc(-c2c(C)cc(-c3ccccc3)cc2C)on1. The third-order valence-corrected chi connectivity index (χ3v) is 4.82. The zero-order valence-electron chi connectivity index (χ0n) is 15.3. The molecule has 0 aliphatic rings. The molecule has 4 aromatic rings. The number of benzene rings is 3. The molecule has 0 fully saturated rings. The quantitative estimate of drug-likeness (QED) is 0.420. The van der Waals surface area contributed by atoms with E-state index in [9.17, 15) is 0 Å². The molecule has 0 unspecified atom stereocenters. The predicted octanol–water partition coefficient (Wildman–Crippen LogP) is 6.60. The fourth-order valence-electron chi connectivity index (χ4n) is 3.53. The fraction of sp³-hybridized carbons (Fsp3) is 0.125. The molecule has 1 aromatic heterocycles. The highest BCUT2D eigenvalue weighted by Gasteiger charge is 2.15. The Labute approximate surface area is 154 Å². The van der Waals surface area contributed by atoms with Crippen LogP contribution in [0.2, 0.25) is 0 Å². The highest BCUT2D eigenvalue weighted by Crippen LogP contribution is 2.34. The van der Waals surface area contributed by atoms with E-state index in [0.717, 1.165) is 22.6 Å². The Bertz CT molecular complexity index is 1040. The van der Waals surface area contributed by atoms with E-state index in [-0.39, 0.29) is 0 Å². The molecule has 4 rings (SSSR count). The van der Waals surface area contributed by atoms with E-state index in [1.54, 1.807) is 0 Å². The van der Waals surface area contributed by atoms with Crippen molar-refractivity contribution in [3.05, 3.63) is 89.5 Å². The van der Waals surface area contributed by atoms with Crippen LogP contribution in [0.3, 0.4) is 0 Å². The molecule has 26 heavy (non-hydrogen) atoms. The van der Waals surface area contributed by atoms with E-state index in [1.807, 2.05) is 24.3 Å². The minimum absolute atomic E-state index is 0.817. The normalized spacial score (nSPS) is 10.9. The van der Waals surface area contributed by atoms with Gasteiger partial charge in [-0.05, 0) is 48.6 Å². The Balaban J connectivity index is 1.77. The Morgan fingerprint density at radius 1 is 0.654 bits per heavy atom. The van der Waals surface area contributed by atoms with Gasteiger partial charge in [-0.25, -0.2) is 0 Å². The molecule has 0 radical (unpaired) electrons. The van der Waals surface area contributed by atoms with Crippen molar-refractivity contribution in [3.8, 4) is 33.7 Å². The first-order chi connectivity index (χ1) is 12.6.